The van der Waals surface area contributed by atoms with Crippen LogP contribution in [0.4, 0.5) is 0 Å². The van der Waals surface area contributed by atoms with E-state index in [2.05, 4.69) is 35.9 Å². The van der Waals surface area contributed by atoms with Crippen LogP contribution in [0.25, 0.3) is 6.08 Å². The van der Waals surface area contributed by atoms with Crippen molar-refractivity contribution < 1.29 is 9.47 Å². The molecule has 0 fully saturated rings. The molecule has 0 aromatic heterocycles. The number of halogens is 1. The Morgan fingerprint density at radius 3 is 2.56 bits per heavy atom. The topological polar surface area (TPSA) is 18.5 Å². The molecule has 0 heterocycles. The highest BCUT2D eigenvalue weighted by molar-refractivity contribution is 9.09. The molecule has 0 saturated carbocycles. The van der Waals surface area contributed by atoms with Gasteiger partial charge in [-0.1, -0.05) is 47.5 Å². The first-order valence-electron chi connectivity index (χ1n) is 6.19. The van der Waals surface area contributed by atoms with Gasteiger partial charge in [0.25, 0.3) is 0 Å². The lowest BCUT2D eigenvalue weighted by Crippen LogP contribution is -1.97. The molecule has 100 valence electrons. The molecule has 1 aromatic carbocycles. The number of methoxy groups -OCH3 is 1. The van der Waals surface area contributed by atoms with Crippen LogP contribution in [-0.2, 0) is 0 Å². The van der Waals surface area contributed by atoms with Crippen LogP contribution in [0, 0.1) is 5.92 Å². The summed E-state index contributed by atoms with van der Waals surface area (Å²) in [5, 5.41) is 0.890. The number of rotatable bonds is 6. The quantitative estimate of drug-likeness (QED) is 0.719. The molecule has 0 spiro atoms. The Labute approximate surface area is 118 Å². The number of ether oxygens (including phenoxy) is 2. The van der Waals surface area contributed by atoms with Gasteiger partial charge in [0.15, 0.2) is 11.5 Å². The summed E-state index contributed by atoms with van der Waals surface area (Å²) in [5.74, 6) is 2.10. The van der Waals surface area contributed by atoms with E-state index in [1.807, 2.05) is 25.1 Å². The second-order valence-electron chi connectivity index (χ2n) is 4.35. The third-order valence-electron chi connectivity index (χ3n) is 2.74. The van der Waals surface area contributed by atoms with Gasteiger partial charge in [-0.05, 0) is 30.5 Å². The van der Waals surface area contributed by atoms with Crippen LogP contribution in [0.5, 0.6) is 11.5 Å². The van der Waals surface area contributed by atoms with Crippen LogP contribution in [-0.4, -0.2) is 19.0 Å². The number of hydrogen-bond acceptors (Lipinski definition) is 2. The standard InChI is InChI=1S/C15H21BrO2/c1-5-18-15-9-12(6-7-14(15)17-4)8-13(10-16)11(2)3/h6-9,11H,5,10H2,1-4H3. The minimum atomic E-state index is 0.530. The fraction of sp³-hybridized carbons (Fsp3) is 0.467. The maximum atomic E-state index is 5.58. The van der Waals surface area contributed by atoms with Crippen molar-refractivity contribution in [3.63, 3.8) is 0 Å². The molecule has 0 aliphatic heterocycles. The molecule has 0 aliphatic rings. The lowest BCUT2D eigenvalue weighted by molar-refractivity contribution is 0.311. The zero-order chi connectivity index (χ0) is 13.5. The lowest BCUT2D eigenvalue weighted by atomic mass is 10.0. The van der Waals surface area contributed by atoms with Crippen LogP contribution in [0.2, 0.25) is 0 Å². The summed E-state index contributed by atoms with van der Waals surface area (Å²) in [7, 11) is 1.66. The van der Waals surface area contributed by atoms with Gasteiger partial charge in [0, 0.05) is 5.33 Å². The molecule has 18 heavy (non-hydrogen) atoms. The zero-order valence-electron chi connectivity index (χ0n) is 11.5. The molecule has 0 saturated heterocycles. The first-order valence-corrected chi connectivity index (χ1v) is 7.31. The second kappa shape index (κ2) is 7.47. The van der Waals surface area contributed by atoms with Gasteiger partial charge >= 0.3 is 0 Å². The SMILES string of the molecule is CCOc1cc(C=C(CBr)C(C)C)ccc1OC. The zero-order valence-corrected chi connectivity index (χ0v) is 13.1. The Morgan fingerprint density at radius 1 is 1.33 bits per heavy atom. The van der Waals surface area contributed by atoms with Crippen molar-refractivity contribution in [1.29, 1.82) is 0 Å². The average Bonchev–Trinajstić information content (AvgIpc) is 2.36. The van der Waals surface area contributed by atoms with E-state index in [-0.39, 0.29) is 0 Å². The summed E-state index contributed by atoms with van der Waals surface area (Å²) in [6.45, 7) is 7.00. The summed E-state index contributed by atoms with van der Waals surface area (Å²) in [6, 6.07) is 6.02. The Bertz CT molecular complexity index is 411. The van der Waals surface area contributed by atoms with Gasteiger partial charge in [-0.3, -0.25) is 0 Å². The van der Waals surface area contributed by atoms with Crippen molar-refractivity contribution in [3.05, 3.63) is 29.3 Å². The smallest absolute Gasteiger partial charge is 0.161 e. The fourth-order valence-corrected chi connectivity index (χ4v) is 2.43. The summed E-state index contributed by atoms with van der Waals surface area (Å²) >= 11 is 3.53. The largest absolute Gasteiger partial charge is 0.493 e. The number of hydrogen-bond donors (Lipinski definition) is 0. The number of benzene rings is 1. The van der Waals surface area contributed by atoms with Crippen molar-refractivity contribution in [3.8, 4) is 11.5 Å². The third kappa shape index (κ3) is 4.05. The van der Waals surface area contributed by atoms with E-state index in [0.717, 1.165) is 22.4 Å². The van der Waals surface area contributed by atoms with E-state index >= 15 is 0 Å². The lowest BCUT2D eigenvalue weighted by Gasteiger charge is -2.11. The van der Waals surface area contributed by atoms with Crippen LogP contribution < -0.4 is 9.47 Å². The second-order valence-corrected chi connectivity index (χ2v) is 4.91. The number of alkyl halides is 1. The van der Waals surface area contributed by atoms with E-state index < -0.39 is 0 Å². The highest BCUT2D eigenvalue weighted by Gasteiger charge is 2.06. The maximum absolute atomic E-state index is 5.58. The molecule has 0 atom stereocenters. The molecule has 2 nitrogen and oxygen atoms in total. The molecule has 0 radical (unpaired) electrons. The highest BCUT2D eigenvalue weighted by Crippen LogP contribution is 2.29. The first-order chi connectivity index (χ1) is 8.62. The molecular formula is C15H21BrO2. The summed E-state index contributed by atoms with van der Waals surface area (Å²) in [4.78, 5) is 0. The van der Waals surface area contributed by atoms with Crippen molar-refractivity contribution in [2.75, 3.05) is 19.0 Å². The van der Waals surface area contributed by atoms with Gasteiger partial charge in [-0.2, -0.15) is 0 Å². The predicted octanol–water partition coefficient (Wildman–Crippen LogP) is 4.53. The first kappa shape index (κ1) is 15.1. The summed E-state index contributed by atoms with van der Waals surface area (Å²) in [5.41, 5.74) is 2.50. The average molecular weight is 313 g/mol. The van der Waals surface area contributed by atoms with E-state index in [4.69, 9.17) is 9.47 Å². The monoisotopic (exact) mass is 312 g/mol. The van der Waals surface area contributed by atoms with E-state index in [1.54, 1.807) is 7.11 Å². The van der Waals surface area contributed by atoms with Crippen LogP contribution in [0.15, 0.2) is 23.8 Å². The Balaban J connectivity index is 3.07. The summed E-state index contributed by atoms with van der Waals surface area (Å²) in [6.07, 6.45) is 2.20. The molecular weight excluding hydrogens is 292 g/mol. The normalized spacial score (nSPS) is 11.8. The van der Waals surface area contributed by atoms with E-state index in [1.165, 1.54) is 5.57 Å². The Hall–Kier alpha value is -0.960. The van der Waals surface area contributed by atoms with Crippen LogP contribution >= 0.6 is 15.9 Å². The van der Waals surface area contributed by atoms with Crippen LogP contribution in [0.1, 0.15) is 26.3 Å². The van der Waals surface area contributed by atoms with Crippen molar-refractivity contribution in [1.82, 2.24) is 0 Å². The van der Waals surface area contributed by atoms with Gasteiger partial charge in [0.2, 0.25) is 0 Å². The Kier molecular flexibility index (Phi) is 6.27. The molecule has 3 heteroatoms. The molecule has 0 N–H and O–H groups in total. The number of allylic oxidation sites excluding steroid dienone is 1. The molecule has 0 unspecified atom stereocenters. The molecule has 0 aliphatic carbocycles. The fourth-order valence-electron chi connectivity index (χ4n) is 1.62. The van der Waals surface area contributed by atoms with Gasteiger partial charge in [0.05, 0.1) is 13.7 Å². The van der Waals surface area contributed by atoms with E-state index in [9.17, 15) is 0 Å². The predicted molar refractivity (Wildman–Crippen MR) is 80.8 cm³/mol. The van der Waals surface area contributed by atoms with Crippen molar-refractivity contribution in [2.45, 2.75) is 20.8 Å². The van der Waals surface area contributed by atoms with Gasteiger partial charge in [-0.25, -0.2) is 0 Å². The molecule has 1 aromatic rings. The van der Waals surface area contributed by atoms with Gasteiger partial charge in [-0.15, -0.1) is 0 Å². The van der Waals surface area contributed by atoms with Crippen molar-refractivity contribution >= 4 is 22.0 Å². The minimum Gasteiger partial charge on any atom is -0.493 e. The maximum Gasteiger partial charge on any atom is 0.161 e. The molecule has 0 amide bonds. The Morgan fingerprint density at radius 2 is 2.06 bits per heavy atom. The molecule has 0 bridgehead atoms. The van der Waals surface area contributed by atoms with Gasteiger partial charge in [0.1, 0.15) is 0 Å². The van der Waals surface area contributed by atoms with Crippen LogP contribution in [0.3, 0.4) is 0 Å². The summed E-state index contributed by atoms with van der Waals surface area (Å²) < 4.78 is 10.9. The molecule has 1 rings (SSSR count). The van der Waals surface area contributed by atoms with Gasteiger partial charge < -0.3 is 9.47 Å². The third-order valence-corrected chi connectivity index (χ3v) is 3.38. The van der Waals surface area contributed by atoms with E-state index in [0.29, 0.717) is 12.5 Å². The minimum absolute atomic E-state index is 0.530. The van der Waals surface area contributed by atoms with Crippen molar-refractivity contribution in [2.24, 2.45) is 5.92 Å². The highest BCUT2D eigenvalue weighted by atomic mass is 79.9.